The molecule has 2 unspecified atom stereocenters. The van der Waals surface area contributed by atoms with Gasteiger partial charge in [0.2, 0.25) is 0 Å². The van der Waals surface area contributed by atoms with Gasteiger partial charge in [0.1, 0.15) is 0 Å². The maximum Gasteiger partial charge on any atom is 0.0268 e. The topological polar surface area (TPSA) is 24.1 Å². The zero-order valence-electron chi connectivity index (χ0n) is 7.96. The maximum atomic E-state index is 3.30. The zero-order chi connectivity index (χ0) is 9.10. The predicted molar refractivity (Wildman–Crippen MR) is 54.3 cm³/mol. The van der Waals surface area contributed by atoms with Gasteiger partial charge in [0.15, 0.2) is 0 Å². The molecule has 13 heavy (non-hydrogen) atoms. The van der Waals surface area contributed by atoms with Crippen molar-refractivity contribution in [1.82, 2.24) is 10.9 Å². The summed E-state index contributed by atoms with van der Waals surface area (Å²) in [4.78, 5) is 0. The van der Waals surface area contributed by atoms with Gasteiger partial charge in [-0.2, -0.15) is 0 Å². The van der Waals surface area contributed by atoms with E-state index in [-0.39, 0.29) is 0 Å². The lowest BCUT2D eigenvalue weighted by molar-refractivity contribution is 0.543. The molecule has 0 saturated carbocycles. The van der Waals surface area contributed by atoms with Crippen LogP contribution in [0.3, 0.4) is 0 Å². The van der Waals surface area contributed by atoms with E-state index < -0.39 is 0 Å². The Hall–Kier alpha value is -0.860. The van der Waals surface area contributed by atoms with Gasteiger partial charge >= 0.3 is 0 Å². The molecule has 1 heterocycles. The summed E-state index contributed by atoms with van der Waals surface area (Å²) in [6.07, 6.45) is 2.34. The third kappa shape index (κ3) is 2.29. The molecule has 1 aromatic carbocycles. The average Bonchev–Trinajstić information content (AvgIpc) is 2.53. The minimum atomic E-state index is 0.595. The fourth-order valence-corrected chi connectivity index (χ4v) is 1.84. The molecule has 2 heteroatoms. The largest absolute Gasteiger partial charge is 0.255 e. The van der Waals surface area contributed by atoms with Crippen LogP contribution >= 0.6 is 0 Å². The predicted octanol–water partition coefficient (Wildman–Crippen LogP) is 1.48. The maximum absolute atomic E-state index is 3.30. The lowest BCUT2D eigenvalue weighted by Gasteiger charge is -2.08. The Morgan fingerprint density at radius 2 is 2.00 bits per heavy atom. The Labute approximate surface area is 79.3 Å². The normalized spacial score (nSPS) is 27.8. The number of hydrazine groups is 1. The highest BCUT2D eigenvalue weighted by atomic mass is 15.4. The molecule has 0 radical (unpaired) electrons. The number of hydrogen-bond acceptors (Lipinski definition) is 2. The molecule has 0 amide bonds. The summed E-state index contributed by atoms with van der Waals surface area (Å²) >= 11 is 0. The molecule has 1 fully saturated rings. The van der Waals surface area contributed by atoms with E-state index in [2.05, 4.69) is 48.1 Å². The first-order chi connectivity index (χ1) is 6.34. The van der Waals surface area contributed by atoms with Crippen LogP contribution in [0.25, 0.3) is 0 Å². The standard InChI is InChI=1S/C11H16N2/c1-9-7-11(13-12-9)8-10-5-3-2-4-6-10/h2-6,9,11-13H,7-8H2,1H3. The van der Waals surface area contributed by atoms with Crippen molar-refractivity contribution in [3.63, 3.8) is 0 Å². The minimum absolute atomic E-state index is 0.595. The highest BCUT2D eigenvalue weighted by Crippen LogP contribution is 2.10. The van der Waals surface area contributed by atoms with E-state index in [9.17, 15) is 0 Å². The highest BCUT2D eigenvalue weighted by Gasteiger charge is 2.19. The van der Waals surface area contributed by atoms with Crippen molar-refractivity contribution in [2.24, 2.45) is 0 Å². The van der Waals surface area contributed by atoms with Crippen molar-refractivity contribution in [2.75, 3.05) is 0 Å². The van der Waals surface area contributed by atoms with Gasteiger partial charge in [0, 0.05) is 12.1 Å². The van der Waals surface area contributed by atoms with Crippen LogP contribution in [0.15, 0.2) is 30.3 Å². The van der Waals surface area contributed by atoms with Crippen LogP contribution in [-0.4, -0.2) is 12.1 Å². The SMILES string of the molecule is CC1CC(Cc2ccccc2)NN1. The summed E-state index contributed by atoms with van der Waals surface area (Å²) in [7, 11) is 0. The molecule has 0 aromatic heterocycles. The van der Waals surface area contributed by atoms with Crippen LogP contribution in [0.1, 0.15) is 18.9 Å². The zero-order valence-corrected chi connectivity index (χ0v) is 7.96. The van der Waals surface area contributed by atoms with Crippen LogP contribution in [0.4, 0.5) is 0 Å². The van der Waals surface area contributed by atoms with Crippen LogP contribution in [-0.2, 0) is 6.42 Å². The summed E-state index contributed by atoms with van der Waals surface area (Å²) in [6, 6.07) is 11.8. The molecule has 2 rings (SSSR count). The van der Waals surface area contributed by atoms with E-state index in [0.29, 0.717) is 12.1 Å². The fourth-order valence-electron chi connectivity index (χ4n) is 1.84. The molecule has 0 bridgehead atoms. The van der Waals surface area contributed by atoms with Gasteiger partial charge in [-0.25, -0.2) is 0 Å². The molecule has 70 valence electrons. The molecule has 1 aliphatic heterocycles. The van der Waals surface area contributed by atoms with E-state index in [0.717, 1.165) is 6.42 Å². The van der Waals surface area contributed by atoms with Gasteiger partial charge in [-0.15, -0.1) is 0 Å². The first-order valence-corrected chi connectivity index (χ1v) is 4.89. The third-order valence-electron chi connectivity index (χ3n) is 2.50. The van der Waals surface area contributed by atoms with Crippen molar-refractivity contribution >= 4 is 0 Å². The van der Waals surface area contributed by atoms with Crippen molar-refractivity contribution in [3.05, 3.63) is 35.9 Å². The second-order valence-electron chi connectivity index (χ2n) is 3.81. The molecule has 2 atom stereocenters. The first kappa shape index (κ1) is 8.73. The van der Waals surface area contributed by atoms with E-state index >= 15 is 0 Å². The summed E-state index contributed by atoms with van der Waals surface area (Å²) in [5, 5.41) is 0. The van der Waals surface area contributed by atoms with Gasteiger partial charge in [-0.3, -0.25) is 10.9 Å². The fraction of sp³-hybridized carbons (Fsp3) is 0.455. The van der Waals surface area contributed by atoms with Gasteiger partial charge in [-0.05, 0) is 25.3 Å². The van der Waals surface area contributed by atoms with Crippen molar-refractivity contribution < 1.29 is 0 Å². The molecule has 2 nitrogen and oxygen atoms in total. The summed E-state index contributed by atoms with van der Waals surface area (Å²) in [5.41, 5.74) is 7.96. The van der Waals surface area contributed by atoms with Gasteiger partial charge in [0.25, 0.3) is 0 Å². The molecular formula is C11H16N2. The second-order valence-corrected chi connectivity index (χ2v) is 3.81. The van der Waals surface area contributed by atoms with Crippen molar-refractivity contribution in [1.29, 1.82) is 0 Å². The van der Waals surface area contributed by atoms with Crippen LogP contribution in [0.2, 0.25) is 0 Å². The second kappa shape index (κ2) is 3.90. The Morgan fingerprint density at radius 1 is 1.23 bits per heavy atom. The van der Waals surface area contributed by atoms with E-state index in [1.54, 1.807) is 0 Å². The lowest BCUT2D eigenvalue weighted by Crippen LogP contribution is -2.33. The molecule has 1 aromatic rings. The van der Waals surface area contributed by atoms with E-state index in [1.165, 1.54) is 12.0 Å². The number of benzene rings is 1. The highest BCUT2D eigenvalue weighted by molar-refractivity contribution is 5.16. The van der Waals surface area contributed by atoms with Crippen molar-refractivity contribution in [3.8, 4) is 0 Å². The Kier molecular flexibility index (Phi) is 2.62. The molecule has 2 N–H and O–H groups in total. The summed E-state index contributed by atoms with van der Waals surface area (Å²) in [6.45, 7) is 2.21. The Bertz CT molecular complexity index is 258. The van der Waals surface area contributed by atoms with Gasteiger partial charge < -0.3 is 0 Å². The smallest absolute Gasteiger partial charge is 0.0268 e. The summed E-state index contributed by atoms with van der Waals surface area (Å²) in [5.74, 6) is 0. The monoisotopic (exact) mass is 176 g/mol. The van der Waals surface area contributed by atoms with Crippen LogP contribution in [0, 0.1) is 0 Å². The Balaban J connectivity index is 1.92. The number of hydrogen-bond donors (Lipinski definition) is 2. The molecule has 1 saturated heterocycles. The van der Waals surface area contributed by atoms with Gasteiger partial charge in [0.05, 0.1) is 0 Å². The van der Waals surface area contributed by atoms with Crippen LogP contribution in [0.5, 0.6) is 0 Å². The third-order valence-corrected chi connectivity index (χ3v) is 2.50. The number of nitrogens with one attached hydrogen (secondary N) is 2. The van der Waals surface area contributed by atoms with E-state index in [4.69, 9.17) is 0 Å². The Morgan fingerprint density at radius 3 is 2.62 bits per heavy atom. The summed E-state index contributed by atoms with van der Waals surface area (Å²) < 4.78 is 0. The molecular weight excluding hydrogens is 160 g/mol. The minimum Gasteiger partial charge on any atom is -0.255 e. The van der Waals surface area contributed by atoms with Crippen LogP contribution < -0.4 is 10.9 Å². The first-order valence-electron chi connectivity index (χ1n) is 4.89. The molecule has 0 spiro atoms. The number of rotatable bonds is 2. The van der Waals surface area contributed by atoms with Gasteiger partial charge in [-0.1, -0.05) is 30.3 Å². The quantitative estimate of drug-likeness (QED) is 0.713. The molecule has 1 aliphatic rings. The lowest BCUT2D eigenvalue weighted by atomic mass is 10.0. The van der Waals surface area contributed by atoms with Crippen molar-refractivity contribution in [2.45, 2.75) is 31.8 Å². The molecule has 0 aliphatic carbocycles. The average molecular weight is 176 g/mol. The van der Waals surface area contributed by atoms with E-state index in [1.807, 2.05) is 0 Å².